The van der Waals surface area contributed by atoms with Crippen molar-refractivity contribution in [1.82, 2.24) is 19.7 Å². The van der Waals surface area contributed by atoms with Gasteiger partial charge in [-0.25, -0.2) is 14.6 Å². The first-order chi connectivity index (χ1) is 10.9. The van der Waals surface area contributed by atoms with Gasteiger partial charge >= 0.3 is 0 Å². The molecule has 0 spiro atoms. The molecule has 0 aliphatic heterocycles. The highest BCUT2D eigenvalue weighted by Crippen LogP contribution is 2.25. The van der Waals surface area contributed by atoms with Crippen LogP contribution < -0.4 is 0 Å². The summed E-state index contributed by atoms with van der Waals surface area (Å²) in [6, 6.07) is 8.55. The van der Waals surface area contributed by atoms with E-state index in [1.54, 1.807) is 6.33 Å². The van der Waals surface area contributed by atoms with Gasteiger partial charge in [0.2, 0.25) is 0 Å². The van der Waals surface area contributed by atoms with Crippen molar-refractivity contribution in [3.05, 3.63) is 48.0 Å². The van der Waals surface area contributed by atoms with Crippen molar-refractivity contribution in [2.45, 2.75) is 46.5 Å². The van der Waals surface area contributed by atoms with E-state index in [9.17, 15) is 0 Å². The molecule has 0 bridgehead atoms. The van der Waals surface area contributed by atoms with Gasteiger partial charge in [-0.2, -0.15) is 5.10 Å². The van der Waals surface area contributed by atoms with Gasteiger partial charge in [-0.05, 0) is 35.4 Å². The predicted molar refractivity (Wildman–Crippen MR) is 93.9 cm³/mol. The minimum Gasteiger partial charge on any atom is -0.241 e. The lowest BCUT2D eigenvalue weighted by Gasteiger charge is -2.19. The Morgan fingerprint density at radius 3 is 2.35 bits per heavy atom. The molecule has 2 aromatic heterocycles. The topological polar surface area (TPSA) is 43.6 Å². The van der Waals surface area contributed by atoms with Crippen LogP contribution in [0.15, 0.2) is 36.8 Å². The first-order valence-corrected chi connectivity index (χ1v) is 8.15. The zero-order valence-electron chi connectivity index (χ0n) is 14.5. The maximum atomic E-state index is 4.54. The van der Waals surface area contributed by atoms with Gasteiger partial charge in [-0.3, -0.25) is 0 Å². The van der Waals surface area contributed by atoms with Crippen LogP contribution in [-0.2, 0) is 11.8 Å². The Bertz CT molecular complexity index is 807. The van der Waals surface area contributed by atoms with Gasteiger partial charge in [0.15, 0.2) is 5.65 Å². The van der Waals surface area contributed by atoms with Crippen molar-refractivity contribution in [3.63, 3.8) is 0 Å². The van der Waals surface area contributed by atoms with Crippen molar-refractivity contribution >= 4 is 11.0 Å². The van der Waals surface area contributed by atoms with E-state index in [0.29, 0.717) is 5.92 Å². The summed E-state index contributed by atoms with van der Waals surface area (Å²) in [7, 11) is 0. The third-order valence-corrected chi connectivity index (χ3v) is 4.03. The molecule has 4 heteroatoms. The monoisotopic (exact) mass is 308 g/mol. The highest BCUT2D eigenvalue weighted by molar-refractivity contribution is 5.78. The number of fused-ring (bicyclic) bond motifs is 1. The Morgan fingerprint density at radius 1 is 1.04 bits per heavy atom. The maximum absolute atomic E-state index is 4.54. The van der Waals surface area contributed by atoms with E-state index in [0.717, 1.165) is 28.8 Å². The molecule has 0 unspecified atom stereocenters. The lowest BCUT2D eigenvalue weighted by atomic mass is 9.87. The fourth-order valence-electron chi connectivity index (χ4n) is 2.73. The third-order valence-electron chi connectivity index (χ3n) is 4.03. The van der Waals surface area contributed by atoms with E-state index in [2.05, 4.69) is 74.0 Å². The molecule has 0 aliphatic carbocycles. The van der Waals surface area contributed by atoms with E-state index >= 15 is 0 Å². The van der Waals surface area contributed by atoms with Crippen LogP contribution in [0.5, 0.6) is 0 Å². The van der Waals surface area contributed by atoms with Crippen LogP contribution in [0.25, 0.3) is 16.7 Å². The molecule has 0 atom stereocenters. The van der Waals surface area contributed by atoms with Crippen molar-refractivity contribution in [2.75, 3.05) is 0 Å². The highest BCUT2D eigenvalue weighted by atomic mass is 15.3. The second kappa shape index (κ2) is 5.76. The van der Waals surface area contributed by atoms with Crippen molar-refractivity contribution < 1.29 is 0 Å². The Labute approximate surface area is 137 Å². The number of rotatable bonds is 3. The Balaban J connectivity index is 2.04. The first kappa shape index (κ1) is 15.7. The second-order valence-electron chi connectivity index (χ2n) is 7.51. The Hall–Kier alpha value is -2.23. The van der Waals surface area contributed by atoms with E-state index in [1.165, 1.54) is 5.56 Å². The summed E-state index contributed by atoms with van der Waals surface area (Å²) in [5, 5.41) is 5.58. The van der Waals surface area contributed by atoms with E-state index in [-0.39, 0.29) is 5.41 Å². The maximum Gasteiger partial charge on any atom is 0.166 e. The quantitative estimate of drug-likeness (QED) is 0.724. The molecular formula is C19H24N4. The van der Waals surface area contributed by atoms with Gasteiger partial charge in [0, 0.05) is 0 Å². The highest BCUT2D eigenvalue weighted by Gasteiger charge is 2.15. The van der Waals surface area contributed by atoms with Crippen LogP contribution in [0, 0.1) is 5.92 Å². The van der Waals surface area contributed by atoms with Crippen molar-refractivity contribution in [2.24, 2.45) is 5.92 Å². The SMILES string of the molecule is CC(C)Cc1ncnc2c1cnn2-c1ccc(C(C)(C)C)cc1. The van der Waals surface area contributed by atoms with Gasteiger partial charge in [0.05, 0.1) is 23.0 Å². The lowest BCUT2D eigenvalue weighted by Crippen LogP contribution is -2.11. The van der Waals surface area contributed by atoms with Gasteiger partial charge in [-0.15, -0.1) is 0 Å². The number of hydrogen-bond donors (Lipinski definition) is 0. The summed E-state index contributed by atoms with van der Waals surface area (Å²) < 4.78 is 1.90. The molecule has 0 saturated heterocycles. The molecule has 3 rings (SSSR count). The van der Waals surface area contributed by atoms with Crippen LogP contribution in [-0.4, -0.2) is 19.7 Å². The molecule has 120 valence electrons. The van der Waals surface area contributed by atoms with Crippen molar-refractivity contribution in [3.8, 4) is 5.69 Å². The van der Waals surface area contributed by atoms with Gasteiger partial charge < -0.3 is 0 Å². The molecule has 4 nitrogen and oxygen atoms in total. The fourth-order valence-corrected chi connectivity index (χ4v) is 2.73. The summed E-state index contributed by atoms with van der Waals surface area (Å²) in [5.74, 6) is 0.558. The number of benzene rings is 1. The first-order valence-electron chi connectivity index (χ1n) is 8.15. The van der Waals surface area contributed by atoms with Crippen LogP contribution in [0.4, 0.5) is 0 Å². The molecule has 0 fully saturated rings. The average Bonchev–Trinajstić information content (AvgIpc) is 2.91. The smallest absolute Gasteiger partial charge is 0.166 e. The molecule has 1 aromatic carbocycles. The summed E-state index contributed by atoms with van der Waals surface area (Å²) in [6.07, 6.45) is 4.46. The fraction of sp³-hybridized carbons (Fsp3) is 0.421. The largest absolute Gasteiger partial charge is 0.241 e. The zero-order valence-corrected chi connectivity index (χ0v) is 14.5. The summed E-state index contributed by atoms with van der Waals surface area (Å²) in [6.45, 7) is 11.1. The van der Waals surface area contributed by atoms with Gasteiger partial charge in [0.1, 0.15) is 6.33 Å². The standard InChI is InChI=1S/C19H24N4/c1-13(2)10-17-16-11-22-23(18(16)21-12-20-17)15-8-6-14(7-9-15)19(3,4)5/h6-9,11-13H,10H2,1-5H3. The normalized spacial score (nSPS) is 12.3. The lowest BCUT2D eigenvalue weighted by molar-refractivity contribution is 0.590. The molecule has 0 amide bonds. The van der Waals surface area contributed by atoms with E-state index < -0.39 is 0 Å². The molecule has 23 heavy (non-hydrogen) atoms. The number of aromatic nitrogens is 4. The minimum atomic E-state index is 0.150. The summed E-state index contributed by atoms with van der Waals surface area (Å²) in [4.78, 5) is 8.88. The summed E-state index contributed by atoms with van der Waals surface area (Å²) in [5.41, 5.74) is 4.44. The Kier molecular flexibility index (Phi) is 3.92. The molecule has 2 heterocycles. The number of nitrogens with zero attached hydrogens (tertiary/aromatic N) is 4. The van der Waals surface area contributed by atoms with Crippen LogP contribution in [0.2, 0.25) is 0 Å². The minimum absolute atomic E-state index is 0.150. The molecule has 0 radical (unpaired) electrons. The zero-order chi connectivity index (χ0) is 16.6. The summed E-state index contributed by atoms with van der Waals surface area (Å²) >= 11 is 0. The molecule has 3 aromatic rings. The van der Waals surface area contributed by atoms with Crippen LogP contribution in [0.3, 0.4) is 0 Å². The Morgan fingerprint density at radius 2 is 1.74 bits per heavy atom. The predicted octanol–water partition coefficient (Wildman–Crippen LogP) is 4.31. The average molecular weight is 308 g/mol. The van der Waals surface area contributed by atoms with Crippen LogP contribution >= 0.6 is 0 Å². The molecule has 0 saturated carbocycles. The van der Waals surface area contributed by atoms with Gasteiger partial charge in [-0.1, -0.05) is 46.8 Å². The molecule has 0 N–H and O–H groups in total. The molecule has 0 aliphatic rings. The van der Waals surface area contributed by atoms with Crippen molar-refractivity contribution in [1.29, 1.82) is 0 Å². The van der Waals surface area contributed by atoms with Gasteiger partial charge in [0.25, 0.3) is 0 Å². The second-order valence-corrected chi connectivity index (χ2v) is 7.51. The van der Waals surface area contributed by atoms with Crippen LogP contribution in [0.1, 0.15) is 45.9 Å². The van der Waals surface area contributed by atoms with E-state index in [4.69, 9.17) is 0 Å². The third kappa shape index (κ3) is 3.11. The number of hydrogen-bond acceptors (Lipinski definition) is 3. The molecular weight excluding hydrogens is 284 g/mol. The van der Waals surface area contributed by atoms with E-state index in [1.807, 2.05) is 10.9 Å².